The van der Waals surface area contributed by atoms with Gasteiger partial charge in [-0.1, -0.05) is 6.92 Å². The zero-order valence-corrected chi connectivity index (χ0v) is 7.45. The number of rotatable bonds is 2. The first kappa shape index (κ1) is 8.29. The number of aromatic amines is 1. The van der Waals surface area contributed by atoms with Crippen LogP contribution in [0.1, 0.15) is 41.7 Å². The highest BCUT2D eigenvalue weighted by Gasteiger charge is 2.31. The predicted octanol–water partition coefficient (Wildman–Crippen LogP) is 1.62. The van der Waals surface area contributed by atoms with E-state index >= 15 is 0 Å². The van der Waals surface area contributed by atoms with Gasteiger partial charge in [0.05, 0.1) is 11.9 Å². The molecule has 0 aliphatic heterocycles. The molecular weight excluding hydrogens is 168 g/mol. The van der Waals surface area contributed by atoms with E-state index in [0.717, 1.165) is 24.5 Å². The summed E-state index contributed by atoms with van der Waals surface area (Å²) in [7, 11) is 0. The number of aromatic carboxylic acids is 1. The summed E-state index contributed by atoms with van der Waals surface area (Å²) in [4.78, 5) is 10.7. The molecule has 1 saturated carbocycles. The Morgan fingerprint density at radius 3 is 2.92 bits per heavy atom. The van der Waals surface area contributed by atoms with Crippen LogP contribution in [0, 0.1) is 5.92 Å². The zero-order valence-electron chi connectivity index (χ0n) is 7.45. The van der Waals surface area contributed by atoms with E-state index in [1.54, 1.807) is 0 Å². The summed E-state index contributed by atoms with van der Waals surface area (Å²) in [5.74, 6) is 0.210. The second-order valence-corrected chi connectivity index (χ2v) is 3.78. The zero-order chi connectivity index (χ0) is 9.42. The number of carboxylic acid groups (broad SMARTS) is 1. The Labute approximate surface area is 76.0 Å². The fraction of sp³-hybridized carbons (Fsp3) is 0.556. The van der Waals surface area contributed by atoms with Crippen molar-refractivity contribution < 1.29 is 9.90 Å². The van der Waals surface area contributed by atoms with Gasteiger partial charge in [0.2, 0.25) is 0 Å². The first-order valence-corrected chi connectivity index (χ1v) is 4.45. The van der Waals surface area contributed by atoms with Crippen molar-refractivity contribution in [2.75, 3.05) is 0 Å². The van der Waals surface area contributed by atoms with Gasteiger partial charge in [-0.3, -0.25) is 5.10 Å². The maximum atomic E-state index is 10.7. The van der Waals surface area contributed by atoms with Crippen LogP contribution in [0.2, 0.25) is 0 Å². The van der Waals surface area contributed by atoms with Crippen LogP contribution >= 0.6 is 0 Å². The van der Waals surface area contributed by atoms with Gasteiger partial charge in [0.25, 0.3) is 0 Å². The molecule has 1 aliphatic carbocycles. The Morgan fingerprint density at radius 1 is 1.69 bits per heavy atom. The van der Waals surface area contributed by atoms with E-state index in [1.165, 1.54) is 6.20 Å². The van der Waals surface area contributed by atoms with Gasteiger partial charge in [0.15, 0.2) is 0 Å². The molecular formula is C9H12N2O2. The Balaban J connectivity index is 2.20. The summed E-state index contributed by atoms with van der Waals surface area (Å²) < 4.78 is 0. The number of nitrogens with one attached hydrogen (secondary N) is 1. The SMILES string of the molecule is CC1CC(c2[nH]ncc2C(=O)O)C1. The van der Waals surface area contributed by atoms with Crippen molar-refractivity contribution in [3.63, 3.8) is 0 Å². The average molecular weight is 180 g/mol. The second-order valence-electron chi connectivity index (χ2n) is 3.78. The summed E-state index contributed by atoms with van der Waals surface area (Å²) in [6, 6.07) is 0. The highest BCUT2D eigenvalue weighted by Crippen LogP contribution is 2.41. The van der Waals surface area contributed by atoms with Gasteiger partial charge in [-0.2, -0.15) is 5.10 Å². The van der Waals surface area contributed by atoms with Crippen LogP contribution < -0.4 is 0 Å². The van der Waals surface area contributed by atoms with Crippen LogP contribution in [-0.4, -0.2) is 21.3 Å². The van der Waals surface area contributed by atoms with E-state index in [9.17, 15) is 4.79 Å². The molecule has 4 nitrogen and oxygen atoms in total. The van der Waals surface area contributed by atoms with Gasteiger partial charge >= 0.3 is 5.97 Å². The van der Waals surface area contributed by atoms with E-state index in [2.05, 4.69) is 17.1 Å². The third-order valence-corrected chi connectivity index (χ3v) is 2.68. The highest BCUT2D eigenvalue weighted by molar-refractivity contribution is 5.88. The molecule has 0 amide bonds. The number of aromatic nitrogens is 2. The molecule has 70 valence electrons. The van der Waals surface area contributed by atoms with Crippen molar-refractivity contribution in [2.24, 2.45) is 5.92 Å². The maximum Gasteiger partial charge on any atom is 0.339 e. The Kier molecular flexibility index (Phi) is 1.83. The fourth-order valence-corrected chi connectivity index (χ4v) is 1.92. The van der Waals surface area contributed by atoms with E-state index in [0.29, 0.717) is 11.5 Å². The van der Waals surface area contributed by atoms with Crippen molar-refractivity contribution in [1.82, 2.24) is 10.2 Å². The third-order valence-electron chi connectivity index (χ3n) is 2.68. The summed E-state index contributed by atoms with van der Waals surface area (Å²) >= 11 is 0. The predicted molar refractivity (Wildman–Crippen MR) is 46.7 cm³/mol. The summed E-state index contributed by atoms with van der Waals surface area (Å²) in [5, 5.41) is 15.4. The number of nitrogens with zero attached hydrogens (tertiary/aromatic N) is 1. The normalized spacial score (nSPS) is 26.8. The first-order chi connectivity index (χ1) is 6.18. The second kappa shape index (κ2) is 2.87. The molecule has 2 rings (SSSR count). The molecule has 1 fully saturated rings. The van der Waals surface area contributed by atoms with Gasteiger partial charge < -0.3 is 5.11 Å². The minimum Gasteiger partial charge on any atom is -0.478 e. The molecule has 0 radical (unpaired) electrons. The largest absolute Gasteiger partial charge is 0.478 e. The standard InChI is InChI=1S/C9H12N2O2/c1-5-2-6(3-5)8-7(9(12)13)4-10-11-8/h4-6H,2-3H2,1H3,(H,10,11)(H,12,13). The van der Waals surface area contributed by atoms with Gasteiger partial charge in [-0.15, -0.1) is 0 Å². The minimum absolute atomic E-state index is 0.330. The molecule has 0 unspecified atom stereocenters. The monoisotopic (exact) mass is 180 g/mol. The van der Waals surface area contributed by atoms with Crippen molar-refractivity contribution in [1.29, 1.82) is 0 Å². The van der Waals surface area contributed by atoms with Crippen LogP contribution in [-0.2, 0) is 0 Å². The van der Waals surface area contributed by atoms with E-state index in [-0.39, 0.29) is 0 Å². The molecule has 0 spiro atoms. The summed E-state index contributed by atoms with van der Waals surface area (Å²) in [6.07, 6.45) is 3.53. The van der Waals surface area contributed by atoms with Crippen molar-refractivity contribution >= 4 is 5.97 Å². The van der Waals surface area contributed by atoms with E-state index < -0.39 is 5.97 Å². The van der Waals surface area contributed by atoms with Gasteiger partial charge in [-0.05, 0) is 18.8 Å². The maximum absolute atomic E-state index is 10.7. The van der Waals surface area contributed by atoms with Crippen molar-refractivity contribution in [3.05, 3.63) is 17.5 Å². The smallest absolute Gasteiger partial charge is 0.339 e. The summed E-state index contributed by atoms with van der Waals surface area (Å²) in [5.41, 5.74) is 1.13. The lowest BCUT2D eigenvalue weighted by atomic mass is 9.73. The van der Waals surface area contributed by atoms with Crippen molar-refractivity contribution in [3.8, 4) is 0 Å². The Hall–Kier alpha value is -1.32. The van der Waals surface area contributed by atoms with E-state index in [1.807, 2.05) is 0 Å². The van der Waals surface area contributed by atoms with E-state index in [4.69, 9.17) is 5.11 Å². The quantitative estimate of drug-likeness (QED) is 0.726. The Bertz CT molecular complexity index is 326. The number of hydrogen-bond donors (Lipinski definition) is 2. The molecule has 0 aromatic carbocycles. The number of hydrogen-bond acceptors (Lipinski definition) is 2. The lowest BCUT2D eigenvalue weighted by Gasteiger charge is -2.31. The molecule has 13 heavy (non-hydrogen) atoms. The van der Waals surface area contributed by atoms with Gasteiger partial charge in [0.1, 0.15) is 5.56 Å². The molecule has 0 atom stereocenters. The topological polar surface area (TPSA) is 66.0 Å². The van der Waals surface area contributed by atoms with Crippen LogP contribution in [0.4, 0.5) is 0 Å². The van der Waals surface area contributed by atoms with Crippen LogP contribution in [0.15, 0.2) is 6.20 Å². The highest BCUT2D eigenvalue weighted by atomic mass is 16.4. The lowest BCUT2D eigenvalue weighted by Crippen LogP contribution is -2.21. The number of carboxylic acids is 1. The molecule has 0 saturated heterocycles. The van der Waals surface area contributed by atoms with Crippen LogP contribution in [0.25, 0.3) is 0 Å². The Morgan fingerprint density at radius 2 is 2.38 bits per heavy atom. The van der Waals surface area contributed by atoms with Gasteiger partial charge in [-0.25, -0.2) is 4.79 Å². The minimum atomic E-state index is -0.886. The molecule has 4 heteroatoms. The molecule has 1 aromatic heterocycles. The van der Waals surface area contributed by atoms with Crippen LogP contribution in [0.3, 0.4) is 0 Å². The molecule has 0 bridgehead atoms. The molecule has 1 aliphatic rings. The average Bonchev–Trinajstić information content (AvgIpc) is 2.45. The molecule has 1 heterocycles. The van der Waals surface area contributed by atoms with Gasteiger partial charge in [0, 0.05) is 5.92 Å². The fourth-order valence-electron chi connectivity index (χ4n) is 1.92. The van der Waals surface area contributed by atoms with Crippen molar-refractivity contribution in [2.45, 2.75) is 25.7 Å². The molecule has 2 N–H and O–H groups in total. The first-order valence-electron chi connectivity index (χ1n) is 4.45. The van der Waals surface area contributed by atoms with Crippen LogP contribution in [0.5, 0.6) is 0 Å². The number of carbonyl (C=O) groups is 1. The molecule has 1 aromatic rings. The summed E-state index contributed by atoms with van der Waals surface area (Å²) in [6.45, 7) is 2.17. The number of H-pyrrole nitrogens is 1. The third kappa shape index (κ3) is 1.32. The lowest BCUT2D eigenvalue weighted by molar-refractivity contribution is 0.0693.